The molecule has 0 saturated carbocycles. The number of hydrogen-bond acceptors (Lipinski definition) is 2. The average molecular weight is 288 g/mol. The van der Waals surface area contributed by atoms with Gasteiger partial charge in [0, 0.05) is 17.3 Å². The highest BCUT2D eigenvalue weighted by Crippen LogP contribution is 2.20. The van der Waals surface area contributed by atoms with Crippen molar-refractivity contribution in [2.24, 2.45) is 0 Å². The van der Waals surface area contributed by atoms with Gasteiger partial charge in [0.1, 0.15) is 0 Å². The van der Waals surface area contributed by atoms with Gasteiger partial charge in [0.2, 0.25) is 5.91 Å². The zero-order chi connectivity index (χ0) is 11.3. The van der Waals surface area contributed by atoms with E-state index in [9.17, 15) is 4.79 Å². The molecule has 0 saturated heterocycles. The number of carbonyl (C=O) groups is 1. The number of halogens is 1. The topological polar surface area (TPSA) is 29.1 Å². The van der Waals surface area contributed by atoms with Crippen LogP contribution in [0.2, 0.25) is 0 Å². The predicted molar refractivity (Wildman–Crippen MR) is 69.1 cm³/mol. The Bertz CT molecular complexity index is 354. The third kappa shape index (κ3) is 4.26. The van der Waals surface area contributed by atoms with Crippen LogP contribution in [-0.2, 0) is 10.5 Å². The maximum absolute atomic E-state index is 11.0. The molecule has 0 heterocycles. The first kappa shape index (κ1) is 12.6. The standard InChI is InChI=1S/C11H14BrNOS/c1-8-5-9(3-4-10(8)12)6-15-7-11(14)13-2/h3-5H,6-7H2,1-2H3,(H,13,14). The van der Waals surface area contributed by atoms with Crippen LogP contribution in [0.4, 0.5) is 0 Å². The molecule has 1 rings (SSSR count). The molecule has 15 heavy (non-hydrogen) atoms. The van der Waals surface area contributed by atoms with Crippen molar-refractivity contribution < 1.29 is 4.79 Å². The Morgan fingerprint density at radius 2 is 2.27 bits per heavy atom. The van der Waals surface area contributed by atoms with Gasteiger partial charge in [-0.05, 0) is 24.1 Å². The second-order valence-electron chi connectivity index (χ2n) is 3.25. The van der Waals surface area contributed by atoms with Crippen molar-refractivity contribution in [1.29, 1.82) is 0 Å². The van der Waals surface area contributed by atoms with Crippen LogP contribution in [0.1, 0.15) is 11.1 Å². The van der Waals surface area contributed by atoms with Crippen molar-refractivity contribution in [3.63, 3.8) is 0 Å². The van der Waals surface area contributed by atoms with Gasteiger partial charge < -0.3 is 5.32 Å². The molecule has 0 aromatic heterocycles. The fourth-order valence-corrected chi connectivity index (χ4v) is 2.22. The number of aryl methyl sites for hydroxylation is 1. The Labute approximate surface area is 103 Å². The molecule has 1 amide bonds. The van der Waals surface area contributed by atoms with Crippen molar-refractivity contribution in [2.75, 3.05) is 12.8 Å². The number of nitrogens with one attached hydrogen (secondary N) is 1. The van der Waals surface area contributed by atoms with E-state index in [0.29, 0.717) is 5.75 Å². The second kappa shape index (κ2) is 6.18. The molecule has 0 aliphatic heterocycles. The van der Waals surface area contributed by atoms with Gasteiger partial charge in [-0.1, -0.05) is 28.1 Å². The maximum atomic E-state index is 11.0. The Kier molecular flexibility index (Phi) is 5.19. The van der Waals surface area contributed by atoms with Crippen LogP contribution in [0, 0.1) is 6.92 Å². The van der Waals surface area contributed by atoms with E-state index in [1.165, 1.54) is 11.1 Å². The highest BCUT2D eigenvalue weighted by Gasteiger charge is 2.00. The average Bonchev–Trinajstić information content (AvgIpc) is 2.23. The van der Waals surface area contributed by atoms with Crippen LogP contribution in [0.5, 0.6) is 0 Å². The van der Waals surface area contributed by atoms with Gasteiger partial charge in [-0.25, -0.2) is 0 Å². The summed E-state index contributed by atoms with van der Waals surface area (Å²) in [6, 6.07) is 6.26. The van der Waals surface area contributed by atoms with Gasteiger partial charge in [-0.3, -0.25) is 4.79 Å². The summed E-state index contributed by atoms with van der Waals surface area (Å²) in [4.78, 5) is 11.0. The van der Waals surface area contributed by atoms with E-state index in [1.807, 2.05) is 6.07 Å². The summed E-state index contributed by atoms with van der Waals surface area (Å²) < 4.78 is 1.13. The molecule has 0 spiro atoms. The lowest BCUT2D eigenvalue weighted by Crippen LogP contribution is -2.19. The Balaban J connectivity index is 2.44. The zero-order valence-corrected chi connectivity index (χ0v) is 11.2. The van der Waals surface area contributed by atoms with E-state index in [-0.39, 0.29) is 5.91 Å². The van der Waals surface area contributed by atoms with Gasteiger partial charge in [0.15, 0.2) is 0 Å². The largest absolute Gasteiger partial charge is 0.358 e. The Morgan fingerprint density at radius 3 is 2.87 bits per heavy atom. The third-order valence-corrected chi connectivity index (χ3v) is 3.90. The van der Waals surface area contributed by atoms with Crippen molar-refractivity contribution in [1.82, 2.24) is 5.32 Å². The quantitative estimate of drug-likeness (QED) is 0.923. The summed E-state index contributed by atoms with van der Waals surface area (Å²) in [6.07, 6.45) is 0. The summed E-state index contributed by atoms with van der Waals surface area (Å²) in [5, 5.41) is 2.60. The molecule has 2 nitrogen and oxygen atoms in total. The minimum Gasteiger partial charge on any atom is -0.358 e. The fourth-order valence-electron chi connectivity index (χ4n) is 1.13. The number of hydrogen-bond donors (Lipinski definition) is 1. The number of benzene rings is 1. The molecular formula is C11H14BrNOS. The summed E-state index contributed by atoms with van der Waals surface area (Å²) in [7, 11) is 1.66. The van der Waals surface area contributed by atoms with Gasteiger partial charge in [-0.2, -0.15) is 0 Å². The number of carbonyl (C=O) groups excluding carboxylic acids is 1. The molecule has 1 aromatic carbocycles. The SMILES string of the molecule is CNC(=O)CSCc1ccc(Br)c(C)c1. The van der Waals surface area contributed by atoms with E-state index in [4.69, 9.17) is 0 Å². The zero-order valence-electron chi connectivity index (χ0n) is 8.84. The summed E-state index contributed by atoms with van der Waals surface area (Å²) >= 11 is 5.09. The van der Waals surface area contributed by atoms with Crippen molar-refractivity contribution in [3.05, 3.63) is 33.8 Å². The van der Waals surface area contributed by atoms with Crippen LogP contribution in [0.15, 0.2) is 22.7 Å². The summed E-state index contributed by atoms with van der Waals surface area (Å²) in [6.45, 7) is 2.07. The van der Waals surface area contributed by atoms with Gasteiger partial charge in [-0.15, -0.1) is 11.8 Å². The molecule has 0 atom stereocenters. The van der Waals surface area contributed by atoms with Crippen molar-refractivity contribution in [2.45, 2.75) is 12.7 Å². The first-order valence-corrected chi connectivity index (χ1v) is 6.61. The molecular weight excluding hydrogens is 274 g/mol. The summed E-state index contributed by atoms with van der Waals surface area (Å²) in [5.41, 5.74) is 2.48. The number of amides is 1. The number of rotatable bonds is 4. The Morgan fingerprint density at radius 1 is 1.53 bits per heavy atom. The van der Waals surface area contributed by atoms with E-state index >= 15 is 0 Å². The molecule has 0 fully saturated rings. The first-order valence-electron chi connectivity index (χ1n) is 4.67. The maximum Gasteiger partial charge on any atom is 0.229 e. The minimum atomic E-state index is 0.0776. The molecule has 0 aliphatic carbocycles. The van der Waals surface area contributed by atoms with Gasteiger partial charge >= 0.3 is 0 Å². The van der Waals surface area contributed by atoms with E-state index < -0.39 is 0 Å². The van der Waals surface area contributed by atoms with E-state index in [0.717, 1.165) is 10.2 Å². The van der Waals surface area contributed by atoms with Crippen LogP contribution in [0.3, 0.4) is 0 Å². The molecule has 82 valence electrons. The van der Waals surface area contributed by atoms with Crippen LogP contribution >= 0.6 is 27.7 Å². The molecule has 0 aliphatic rings. The summed E-state index contributed by atoms with van der Waals surface area (Å²) in [5.74, 6) is 1.47. The molecule has 1 aromatic rings. The molecule has 0 bridgehead atoms. The first-order chi connectivity index (χ1) is 7.13. The fraction of sp³-hybridized carbons (Fsp3) is 0.364. The lowest BCUT2D eigenvalue weighted by Gasteiger charge is -2.04. The van der Waals surface area contributed by atoms with Gasteiger partial charge in [0.05, 0.1) is 5.75 Å². The molecule has 0 unspecified atom stereocenters. The molecule has 0 radical (unpaired) electrons. The van der Waals surface area contributed by atoms with Crippen LogP contribution in [0.25, 0.3) is 0 Å². The highest BCUT2D eigenvalue weighted by molar-refractivity contribution is 9.10. The third-order valence-electron chi connectivity index (χ3n) is 2.00. The lowest BCUT2D eigenvalue weighted by atomic mass is 10.2. The van der Waals surface area contributed by atoms with E-state index in [1.54, 1.807) is 18.8 Å². The Hall–Kier alpha value is -0.480. The highest BCUT2D eigenvalue weighted by atomic mass is 79.9. The molecule has 1 N–H and O–H groups in total. The van der Waals surface area contributed by atoms with Crippen LogP contribution < -0.4 is 5.32 Å². The van der Waals surface area contributed by atoms with Gasteiger partial charge in [0.25, 0.3) is 0 Å². The lowest BCUT2D eigenvalue weighted by molar-refractivity contribution is -0.118. The smallest absolute Gasteiger partial charge is 0.229 e. The van der Waals surface area contributed by atoms with E-state index in [2.05, 4.69) is 40.3 Å². The normalized spacial score (nSPS) is 10.1. The molecule has 4 heteroatoms. The van der Waals surface area contributed by atoms with Crippen molar-refractivity contribution in [3.8, 4) is 0 Å². The monoisotopic (exact) mass is 287 g/mol. The minimum absolute atomic E-state index is 0.0776. The number of thioether (sulfide) groups is 1. The van der Waals surface area contributed by atoms with Crippen molar-refractivity contribution >= 4 is 33.6 Å². The predicted octanol–water partition coefficient (Wildman–Crippen LogP) is 2.74. The van der Waals surface area contributed by atoms with Crippen LogP contribution in [-0.4, -0.2) is 18.7 Å². The second-order valence-corrected chi connectivity index (χ2v) is 5.09.